The molecule has 2 aromatic carbocycles. The van der Waals surface area contributed by atoms with Crippen LogP contribution in [-0.2, 0) is 0 Å². The number of hydrazine groups is 2. The third kappa shape index (κ3) is 5.29. The minimum absolute atomic E-state index is 0.156. The van der Waals surface area contributed by atoms with Crippen LogP contribution in [0.2, 0.25) is 5.02 Å². The zero-order valence-corrected chi connectivity index (χ0v) is 21.9. The summed E-state index contributed by atoms with van der Waals surface area (Å²) in [6.45, 7) is 0. The Kier molecular flexibility index (Phi) is 6.99. The van der Waals surface area contributed by atoms with Crippen molar-refractivity contribution in [2.45, 2.75) is 6.04 Å². The summed E-state index contributed by atoms with van der Waals surface area (Å²) in [6.07, 6.45) is 7.89. The van der Waals surface area contributed by atoms with Crippen LogP contribution in [0.5, 0.6) is 0 Å². The highest BCUT2D eigenvalue weighted by molar-refractivity contribution is 6.36. The SMILES string of the molecule is N#Cc1cnc2c(Cl)cc(NC(C3=CN(c4ccccc4)NN3)c3cccnc3)cc2c1Nc1cnc(F)c(F)c1. The number of pyridine rings is 3. The van der Waals surface area contributed by atoms with Crippen LogP contribution < -0.4 is 26.6 Å². The van der Waals surface area contributed by atoms with Gasteiger partial charge in [0.2, 0.25) is 5.95 Å². The first kappa shape index (κ1) is 25.9. The molecule has 202 valence electrons. The second-order valence-corrected chi connectivity index (χ2v) is 9.43. The first-order valence-corrected chi connectivity index (χ1v) is 12.7. The second-order valence-electron chi connectivity index (χ2n) is 9.03. The summed E-state index contributed by atoms with van der Waals surface area (Å²) in [5.74, 6) is -2.34. The van der Waals surface area contributed by atoms with Crippen LogP contribution in [0.4, 0.5) is 31.5 Å². The minimum atomic E-state index is -1.22. The highest BCUT2D eigenvalue weighted by atomic mass is 35.5. The Morgan fingerprint density at radius 2 is 1.83 bits per heavy atom. The maximum absolute atomic E-state index is 13.9. The molecule has 1 aliphatic heterocycles. The molecule has 9 nitrogen and oxygen atoms in total. The number of nitrogens with zero attached hydrogens (tertiary/aromatic N) is 5. The Bertz CT molecular complexity index is 1810. The van der Waals surface area contributed by atoms with Crippen molar-refractivity contribution in [2.75, 3.05) is 15.6 Å². The van der Waals surface area contributed by atoms with Gasteiger partial charge in [0.15, 0.2) is 5.82 Å². The van der Waals surface area contributed by atoms with Crippen LogP contribution in [0.25, 0.3) is 10.9 Å². The van der Waals surface area contributed by atoms with E-state index in [9.17, 15) is 14.0 Å². The molecule has 4 N–H and O–H groups in total. The lowest BCUT2D eigenvalue weighted by atomic mass is 10.0. The van der Waals surface area contributed by atoms with Gasteiger partial charge in [-0.15, -0.1) is 5.53 Å². The second kappa shape index (κ2) is 11.1. The third-order valence-electron chi connectivity index (χ3n) is 6.37. The Morgan fingerprint density at radius 1 is 0.976 bits per heavy atom. The highest BCUT2D eigenvalue weighted by Gasteiger charge is 2.24. The van der Waals surface area contributed by atoms with Crippen LogP contribution in [-0.4, -0.2) is 15.0 Å². The number of anilines is 4. The van der Waals surface area contributed by atoms with E-state index in [4.69, 9.17) is 11.6 Å². The van der Waals surface area contributed by atoms with E-state index in [1.165, 1.54) is 6.20 Å². The number of nitriles is 1. The van der Waals surface area contributed by atoms with Gasteiger partial charge in [-0.2, -0.15) is 9.65 Å². The predicted molar refractivity (Wildman–Crippen MR) is 153 cm³/mol. The average molecular weight is 568 g/mol. The van der Waals surface area contributed by atoms with Crippen LogP contribution in [0.1, 0.15) is 17.2 Å². The summed E-state index contributed by atoms with van der Waals surface area (Å²) >= 11 is 6.67. The molecule has 0 bridgehead atoms. The molecule has 6 rings (SSSR count). The first-order valence-electron chi connectivity index (χ1n) is 12.3. The van der Waals surface area contributed by atoms with Crippen LogP contribution in [0, 0.1) is 23.1 Å². The van der Waals surface area contributed by atoms with Gasteiger partial charge in [-0.1, -0.05) is 35.9 Å². The Hall–Kier alpha value is -5.31. The number of aromatic nitrogens is 3. The van der Waals surface area contributed by atoms with Crippen molar-refractivity contribution in [1.82, 2.24) is 25.9 Å². The van der Waals surface area contributed by atoms with Crippen molar-refractivity contribution < 1.29 is 8.78 Å². The molecular weight excluding hydrogens is 548 g/mol. The molecule has 0 radical (unpaired) electrons. The number of nitrogens with one attached hydrogen (secondary N) is 4. The normalized spacial score (nSPS) is 13.3. The standard InChI is InChI=1S/C29H20ClF2N9/c30-23-10-19(9-22-26(18(12-33)14-35-28(22)23)38-20-11-24(31)29(32)36-15-20)37-27(17-5-4-8-34-13-17)25-16-41(40-39-25)21-6-2-1-3-7-21/h1-11,13-16,27,37,39-40H,(H,35,38). The van der Waals surface area contributed by atoms with Gasteiger partial charge in [0, 0.05) is 41.9 Å². The van der Waals surface area contributed by atoms with Gasteiger partial charge in [-0.25, -0.2) is 9.37 Å². The van der Waals surface area contributed by atoms with Gasteiger partial charge in [-0.05, 0) is 35.9 Å². The molecule has 41 heavy (non-hydrogen) atoms. The summed E-state index contributed by atoms with van der Waals surface area (Å²) in [7, 11) is 0. The molecule has 5 aromatic rings. The molecule has 0 aliphatic carbocycles. The molecule has 12 heteroatoms. The molecule has 0 saturated carbocycles. The number of benzene rings is 2. The van der Waals surface area contributed by atoms with Crippen molar-refractivity contribution in [1.29, 1.82) is 5.26 Å². The molecule has 1 unspecified atom stereocenters. The summed E-state index contributed by atoms with van der Waals surface area (Å²) < 4.78 is 27.3. The molecule has 3 aromatic heterocycles. The van der Waals surface area contributed by atoms with E-state index in [1.807, 2.05) is 53.7 Å². The lowest BCUT2D eigenvalue weighted by molar-refractivity contribution is 0.480. The maximum atomic E-state index is 13.9. The molecule has 0 amide bonds. The average Bonchev–Trinajstić information content (AvgIpc) is 3.49. The van der Waals surface area contributed by atoms with E-state index in [0.717, 1.165) is 29.2 Å². The maximum Gasteiger partial charge on any atom is 0.249 e. The van der Waals surface area contributed by atoms with Crippen molar-refractivity contribution in [3.05, 3.63) is 125 Å². The van der Waals surface area contributed by atoms with E-state index in [1.54, 1.807) is 24.5 Å². The monoisotopic (exact) mass is 567 g/mol. The Balaban J connectivity index is 1.41. The van der Waals surface area contributed by atoms with E-state index in [-0.39, 0.29) is 11.3 Å². The summed E-state index contributed by atoms with van der Waals surface area (Å²) in [5, 5.41) is 18.9. The third-order valence-corrected chi connectivity index (χ3v) is 6.66. The van der Waals surface area contributed by atoms with Crippen LogP contribution in [0.3, 0.4) is 0 Å². The van der Waals surface area contributed by atoms with Crippen LogP contribution in [0.15, 0.2) is 97.3 Å². The van der Waals surface area contributed by atoms with Gasteiger partial charge >= 0.3 is 0 Å². The summed E-state index contributed by atoms with van der Waals surface area (Å²) in [6, 6.07) is 19.7. The quantitative estimate of drug-likeness (QED) is 0.173. The Morgan fingerprint density at radius 3 is 2.59 bits per heavy atom. The van der Waals surface area contributed by atoms with Crippen molar-refractivity contribution >= 4 is 45.3 Å². The zero-order valence-electron chi connectivity index (χ0n) is 21.1. The number of hydrogen-bond donors (Lipinski definition) is 4. The number of para-hydroxylation sites is 1. The molecule has 1 aliphatic rings. The molecule has 0 spiro atoms. The van der Waals surface area contributed by atoms with Gasteiger partial charge in [-0.3, -0.25) is 15.0 Å². The predicted octanol–water partition coefficient (Wildman–Crippen LogP) is 6.10. The summed E-state index contributed by atoms with van der Waals surface area (Å²) in [4.78, 5) is 12.1. The fourth-order valence-electron chi connectivity index (χ4n) is 4.45. The van der Waals surface area contributed by atoms with E-state index >= 15 is 0 Å². The van der Waals surface area contributed by atoms with E-state index in [0.29, 0.717) is 27.3 Å². The van der Waals surface area contributed by atoms with Gasteiger partial charge in [0.05, 0.1) is 51.1 Å². The fourth-order valence-corrected chi connectivity index (χ4v) is 4.72. The lowest BCUT2D eigenvalue weighted by Crippen LogP contribution is -2.37. The lowest BCUT2D eigenvalue weighted by Gasteiger charge is -2.22. The molecule has 0 fully saturated rings. The fraction of sp³-hybridized carbons (Fsp3) is 0.0345. The van der Waals surface area contributed by atoms with Crippen molar-refractivity contribution in [2.24, 2.45) is 0 Å². The molecule has 0 saturated heterocycles. The number of hydrogen-bond acceptors (Lipinski definition) is 9. The highest BCUT2D eigenvalue weighted by Crippen LogP contribution is 2.37. The van der Waals surface area contributed by atoms with Crippen LogP contribution >= 0.6 is 11.6 Å². The Labute approximate surface area is 238 Å². The number of fused-ring (bicyclic) bond motifs is 1. The molecular formula is C29H20ClF2N9. The van der Waals surface area contributed by atoms with Gasteiger partial charge in [0.25, 0.3) is 0 Å². The van der Waals surface area contributed by atoms with Gasteiger partial charge < -0.3 is 16.1 Å². The first-order chi connectivity index (χ1) is 20.0. The van der Waals surface area contributed by atoms with Crippen molar-refractivity contribution in [3.63, 3.8) is 0 Å². The topological polar surface area (TPSA) is 114 Å². The molecule has 1 atom stereocenters. The number of rotatable bonds is 7. The van der Waals surface area contributed by atoms with Gasteiger partial charge in [0.1, 0.15) is 6.07 Å². The number of halogens is 3. The largest absolute Gasteiger partial charge is 0.373 e. The van der Waals surface area contributed by atoms with E-state index < -0.39 is 17.8 Å². The minimum Gasteiger partial charge on any atom is -0.373 e. The molecule has 4 heterocycles. The van der Waals surface area contributed by atoms with Crippen molar-refractivity contribution in [3.8, 4) is 6.07 Å². The smallest absolute Gasteiger partial charge is 0.249 e. The van der Waals surface area contributed by atoms with E-state index in [2.05, 4.69) is 42.6 Å². The summed E-state index contributed by atoms with van der Waals surface area (Å²) in [5.41, 5.74) is 10.7. The zero-order chi connectivity index (χ0) is 28.3.